The van der Waals surface area contributed by atoms with Crippen LogP contribution in [0.1, 0.15) is 84.0 Å². The normalized spacial score (nSPS) is 31.6. The van der Waals surface area contributed by atoms with E-state index in [1.165, 1.54) is 6.92 Å². The second-order valence-electron chi connectivity index (χ2n) is 15.1. The summed E-state index contributed by atoms with van der Waals surface area (Å²) in [5.41, 5.74) is -2.92. The fourth-order valence-corrected chi connectivity index (χ4v) is 10.4. The monoisotopic (exact) mass is 968 g/mol. The van der Waals surface area contributed by atoms with Crippen molar-refractivity contribution in [3.63, 3.8) is 0 Å². The molecule has 8 aliphatic carbocycles. The topological polar surface area (TPSA) is 275 Å². The van der Waals surface area contributed by atoms with Gasteiger partial charge in [-0.1, -0.05) is 0 Å². The van der Waals surface area contributed by atoms with Gasteiger partial charge in [-0.25, -0.2) is 4.79 Å². The van der Waals surface area contributed by atoms with Gasteiger partial charge in [-0.2, -0.15) is 39.3 Å². The molecule has 30 heteroatoms. The van der Waals surface area contributed by atoms with Gasteiger partial charge < -0.3 is 45.7 Å². The summed E-state index contributed by atoms with van der Waals surface area (Å²) >= 11 is -1.75. The van der Waals surface area contributed by atoms with Gasteiger partial charge in [-0.15, -0.1) is 0 Å². The molecule has 8 fully saturated rings. The fourth-order valence-electron chi connectivity index (χ4n) is 9.70. The second-order valence-corrected chi connectivity index (χ2v) is 17.8. The van der Waals surface area contributed by atoms with E-state index in [0.717, 1.165) is 38.5 Å². The molecule has 0 saturated heterocycles. The van der Waals surface area contributed by atoms with Gasteiger partial charge in [-0.05, 0) is 108 Å². The number of carboxylic acid groups (broad SMARTS) is 1. The zero-order chi connectivity index (χ0) is 42.9. The zero-order valence-electron chi connectivity index (χ0n) is 32.9. The first kappa shape index (κ1) is 61.6. The Balaban J connectivity index is 0.000000806. The average molecular weight is 969 g/mol. The number of ether oxygens (including phenoxy) is 2. The molecule has 8 rings (SSSR count). The molecular formula is C30H41F6Na3O18S3. The predicted molar refractivity (Wildman–Crippen MR) is 171 cm³/mol. The molecule has 8 saturated carbocycles. The number of esters is 2. The SMILES string of the molecule is CCOC(=O)C(F)(F)SOO[O-].O=C(O)C12CC3CC(CC(O)(C3)C1)C2.O=C(OCC(F)(F)SOO[O-])C12CC3CC(CC(O)(C3)C1)C2.[Na+].[Na+].[Na+].[O-]OOSC(F)(F)CO. The van der Waals surface area contributed by atoms with Gasteiger partial charge in [0, 0.05) is 0 Å². The largest absolute Gasteiger partial charge is 1.00 e. The molecule has 60 heavy (non-hydrogen) atoms. The molecule has 0 aromatic heterocycles. The number of halogens is 6. The molecule has 0 aromatic rings. The number of rotatable bonds is 16. The van der Waals surface area contributed by atoms with Gasteiger partial charge in [0.1, 0.15) is 42.7 Å². The van der Waals surface area contributed by atoms with E-state index >= 15 is 0 Å². The number of alkyl halides is 6. The summed E-state index contributed by atoms with van der Waals surface area (Å²) in [5.74, 6) is -1.70. The van der Waals surface area contributed by atoms with Crippen LogP contribution in [0.2, 0.25) is 0 Å². The van der Waals surface area contributed by atoms with Gasteiger partial charge in [0.2, 0.25) is 0 Å². The van der Waals surface area contributed by atoms with E-state index in [1.807, 2.05) is 0 Å². The Labute approximate surface area is 418 Å². The molecular weight excluding hydrogens is 927 g/mol. The van der Waals surface area contributed by atoms with Crippen LogP contribution in [0.3, 0.4) is 0 Å². The molecule has 0 aliphatic heterocycles. The van der Waals surface area contributed by atoms with E-state index < -0.39 is 105 Å². The van der Waals surface area contributed by atoms with Crippen LogP contribution in [0.25, 0.3) is 0 Å². The van der Waals surface area contributed by atoms with Crippen LogP contribution in [0.5, 0.6) is 0 Å². The van der Waals surface area contributed by atoms with Gasteiger partial charge in [0.25, 0.3) is 0 Å². The van der Waals surface area contributed by atoms with E-state index in [0.29, 0.717) is 43.9 Å². The number of hydrogen-bond acceptors (Lipinski definition) is 20. The fraction of sp³-hybridized carbons (Fsp3) is 0.900. The van der Waals surface area contributed by atoms with Crippen LogP contribution in [0.15, 0.2) is 0 Å². The third kappa shape index (κ3) is 18.0. The van der Waals surface area contributed by atoms with Crippen LogP contribution >= 0.6 is 36.1 Å². The predicted octanol–water partition coefficient (Wildman–Crippen LogP) is -6.80. The van der Waals surface area contributed by atoms with Crippen LogP contribution < -0.4 is 104 Å². The first-order valence-corrected chi connectivity index (χ1v) is 19.4. The summed E-state index contributed by atoms with van der Waals surface area (Å²) in [4.78, 5) is 34.0. The quantitative estimate of drug-likeness (QED) is 0.0280. The van der Waals surface area contributed by atoms with E-state index in [2.05, 4.69) is 32.9 Å². The van der Waals surface area contributed by atoms with Crippen molar-refractivity contribution in [1.29, 1.82) is 0 Å². The first-order valence-electron chi connectivity index (χ1n) is 17.1. The van der Waals surface area contributed by atoms with Gasteiger partial charge in [-0.3, -0.25) is 24.7 Å². The molecule has 0 heterocycles. The van der Waals surface area contributed by atoms with E-state index in [1.54, 1.807) is 0 Å². The van der Waals surface area contributed by atoms with Gasteiger partial charge in [0.05, 0.1) is 28.6 Å². The smallest absolute Gasteiger partial charge is 0.691 e. The van der Waals surface area contributed by atoms with E-state index in [9.17, 15) is 61.3 Å². The minimum atomic E-state index is -3.93. The minimum Gasteiger partial charge on any atom is -0.691 e. The van der Waals surface area contributed by atoms with Crippen molar-refractivity contribution in [2.24, 2.45) is 34.5 Å². The first-order chi connectivity index (χ1) is 26.4. The molecule has 0 spiro atoms. The standard InChI is InChI=1S/C13H18F2O6S.C11H16O3.C4H6F2O5S.C2H4F2O4S.3Na/c14-13(15,22-21-20-18)7-19-10(16)11-2-8-1-9(3-11)5-12(17,4-8)6-11;12-9(13)10-2-7-1-8(3-10)5-11(14,4-7)6-10;1-2-9-3(7)4(5,6)12-11-10-8;3-2(4,1-5)9-8-7-6;;;/h8-9,17-18H,1-7H2;7-8,14H,1-6H2,(H,12,13);8H,2H2,1H3;5-6H,1H2;;;/q;;;;3*+1/p-3. The molecule has 4 unspecified atom stereocenters. The molecule has 4 atom stereocenters. The van der Waals surface area contributed by atoms with Gasteiger partial charge >= 0.3 is 122 Å². The molecule has 0 aromatic carbocycles. The second kappa shape index (κ2) is 26.2. The number of carboxylic acids is 1. The summed E-state index contributed by atoms with van der Waals surface area (Å²) in [6.07, 6.45) is 8.76. The molecule has 8 aliphatic rings. The molecule has 8 bridgehead atoms. The van der Waals surface area contributed by atoms with Crippen molar-refractivity contribution in [3.8, 4) is 0 Å². The summed E-state index contributed by atoms with van der Waals surface area (Å²) in [5, 5.41) is 62.6. The van der Waals surface area contributed by atoms with Crippen molar-refractivity contribution in [2.45, 2.75) is 111 Å². The summed E-state index contributed by atoms with van der Waals surface area (Å²) in [6.45, 7) is -1.42. The Morgan fingerprint density at radius 2 is 1.03 bits per heavy atom. The Hall–Kier alpha value is 1.56. The number of carbonyl (C=O) groups excluding carboxylic acids is 2. The van der Waals surface area contributed by atoms with Crippen molar-refractivity contribution in [1.82, 2.24) is 0 Å². The van der Waals surface area contributed by atoms with Crippen molar-refractivity contribution in [3.05, 3.63) is 0 Å². The zero-order valence-corrected chi connectivity index (χ0v) is 41.4. The van der Waals surface area contributed by atoms with Gasteiger partial charge in [0.15, 0.2) is 6.61 Å². The Morgan fingerprint density at radius 1 is 0.650 bits per heavy atom. The van der Waals surface area contributed by atoms with Crippen molar-refractivity contribution in [2.75, 3.05) is 19.8 Å². The van der Waals surface area contributed by atoms with Crippen LogP contribution in [-0.4, -0.2) is 85.1 Å². The molecule has 0 amide bonds. The minimum absolute atomic E-state index is 0. The van der Waals surface area contributed by atoms with Crippen LogP contribution in [0, 0.1) is 34.5 Å². The van der Waals surface area contributed by atoms with E-state index in [4.69, 9.17) is 20.4 Å². The molecule has 18 nitrogen and oxygen atoms in total. The molecule has 332 valence electrons. The summed E-state index contributed by atoms with van der Waals surface area (Å²) in [6, 6.07) is 0. The Kier molecular flexibility index (Phi) is 26.9. The third-order valence-corrected chi connectivity index (χ3v) is 12.0. The summed E-state index contributed by atoms with van der Waals surface area (Å²) < 4.78 is 93.5. The number of carbonyl (C=O) groups is 3. The molecule has 4 N–H and O–H groups in total. The number of aliphatic hydroxyl groups is 3. The maximum absolute atomic E-state index is 13.3. The number of hydrogen-bond donors (Lipinski definition) is 4. The van der Waals surface area contributed by atoms with Crippen LogP contribution in [0.4, 0.5) is 26.3 Å². The maximum Gasteiger partial charge on any atom is 1.00 e. The van der Waals surface area contributed by atoms with Crippen LogP contribution in [-0.2, 0) is 52.0 Å². The average Bonchev–Trinajstić information content (AvgIpc) is 3.10. The third-order valence-electron chi connectivity index (χ3n) is 10.5. The maximum atomic E-state index is 13.3. The van der Waals surface area contributed by atoms with Crippen molar-refractivity contribution < 1.29 is 203 Å². The number of aliphatic hydroxyl groups excluding tert-OH is 1. The van der Waals surface area contributed by atoms with E-state index in [-0.39, 0.29) is 114 Å². The Morgan fingerprint density at radius 3 is 1.40 bits per heavy atom. The van der Waals surface area contributed by atoms with Crippen molar-refractivity contribution >= 4 is 54.0 Å². The number of aliphatic carboxylic acids is 1. The molecule has 0 radical (unpaired) electrons. The Bertz CT molecular complexity index is 1340. The summed E-state index contributed by atoms with van der Waals surface area (Å²) in [7, 11) is 0.